The molecule has 0 aromatic heterocycles. The number of hydrogen-bond acceptors (Lipinski definition) is 2. The summed E-state index contributed by atoms with van der Waals surface area (Å²) < 4.78 is 39.1. The number of rotatable bonds is 1. The number of alkyl halides is 3. The summed E-state index contributed by atoms with van der Waals surface area (Å²) >= 11 is 0. The molecule has 0 saturated heterocycles. The summed E-state index contributed by atoms with van der Waals surface area (Å²) in [5.74, 6) is -0.660. The molecule has 3 aromatic carbocycles. The first-order valence-electron chi connectivity index (χ1n) is 7.87. The molecule has 2 nitrogen and oxygen atoms in total. The lowest BCUT2D eigenvalue weighted by Gasteiger charge is -2.20. The number of halogens is 3. The van der Waals surface area contributed by atoms with Gasteiger partial charge in [0.1, 0.15) is 0 Å². The average molecular weight is 352 g/mol. The molecule has 0 N–H and O–H groups in total. The minimum absolute atomic E-state index is 0.149. The van der Waals surface area contributed by atoms with Crippen molar-refractivity contribution in [2.75, 3.05) is 0 Å². The molecule has 0 heterocycles. The van der Waals surface area contributed by atoms with E-state index in [0.717, 1.165) is 12.1 Å². The molecule has 0 aliphatic heterocycles. The number of benzene rings is 3. The van der Waals surface area contributed by atoms with Gasteiger partial charge in [0.25, 0.3) is 0 Å². The van der Waals surface area contributed by atoms with Crippen LogP contribution < -0.4 is 0 Å². The van der Waals surface area contributed by atoms with Crippen LogP contribution in [0.5, 0.6) is 0 Å². The number of ketones is 2. The van der Waals surface area contributed by atoms with Crippen molar-refractivity contribution in [1.29, 1.82) is 0 Å². The molecular weight excluding hydrogens is 341 g/mol. The lowest BCUT2D eigenvalue weighted by atomic mass is 9.80. The van der Waals surface area contributed by atoms with Gasteiger partial charge in [-0.2, -0.15) is 13.2 Å². The third-order valence-corrected chi connectivity index (χ3v) is 4.45. The van der Waals surface area contributed by atoms with Gasteiger partial charge in [0, 0.05) is 22.3 Å². The van der Waals surface area contributed by atoms with Gasteiger partial charge in [-0.15, -0.1) is 0 Å². The zero-order chi connectivity index (χ0) is 18.5. The smallest absolute Gasteiger partial charge is 0.289 e. The summed E-state index contributed by atoms with van der Waals surface area (Å²) in [6, 6.07) is 15.9. The van der Waals surface area contributed by atoms with Crippen LogP contribution in [0, 0.1) is 0 Å². The molecule has 0 saturated carbocycles. The van der Waals surface area contributed by atoms with Crippen molar-refractivity contribution in [1.82, 2.24) is 0 Å². The lowest BCUT2D eigenvalue weighted by molar-refractivity contribution is -0.137. The second-order valence-corrected chi connectivity index (χ2v) is 6.01. The fourth-order valence-corrected chi connectivity index (χ4v) is 3.25. The largest absolute Gasteiger partial charge is 0.416 e. The van der Waals surface area contributed by atoms with Crippen LogP contribution in [0.1, 0.15) is 37.4 Å². The van der Waals surface area contributed by atoms with Crippen LogP contribution in [-0.4, -0.2) is 11.6 Å². The highest BCUT2D eigenvalue weighted by Crippen LogP contribution is 2.37. The van der Waals surface area contributed by atoms with Crippen LogP contribution in [-0.2, 0) is 6.18 Å². The van der Waals surface area contributed by atoms with Gasteiger partial charge in [-0.25, -0.2) is 0 Å². The molecule has 3 aromatic rings. The number of carbonyl (C=O) groups is 2. The summed E-state index contributed by atoms with van der Waals surface area (Å²) in [6.45, 7) is 0. The first-order chi connectivity index (χ1) is 12.4. The molecular formula is C21H11F3O2. The first-order valence-corrected chi connectivity index (χ1v) is 7.87. The molecule has 4 rings (SSSR count). The van der Waals surface area contributed by atoms with Crippen LogP contribution in [0.25, 0.3) is 11.1 Å². The van der Waals surface area contributed by atoms with Crippen LogP contribution >= 0.6 is 0 Å². The predicted octanol–water partition coefficient (Wildman–Crippen LogP) is 5.15. The van der Waals surface area contributed by atoms with Crippen LogP contribution in [0.15, 0.2) is 66.7 Å². The summed E-state index contributed by atoms with van der Waals surface area (Å²) in [4.78, 5) is 25.7. The third kappa shape index (κ3) is 2.44. The van der Waals surface area contributed by atoms with Crippen molar-refractivity contribution in [3.8, 4) is 11.1 Å². The van der Waals surface area contributed by atoms with Gasteiger partial charge in [-0.05, 0) is 23.3 Å². The Kier molecular flexibility index (Phi) is 3.54. The maximum absolute atomic E-state index is 13.0. The summed E-state index contributed by atoms with van der Waals surface area (Å²) in [6.07, 6.45) is -4.49. The monoisotopic (exact) mass is 352 g/mol. The van der Waals surface area contributed by atoms with Gasteiger partial charge < -0.3 is 0 Å². The molecule has 0 atom stereocenters. The summed E-state index contributed by atoms with van der Waals surface area (Å²) in [5, 5.41) is 0. The van der Waals surface area contributed by atoms with Crippen LogP contribution in [0.4, 0.5) is 13.2 Å². The van der Waals surface area contributed by atoms with E-state index in [1.165, 1.54) is 18.2 Å². The van der Waals surface area contributed by atoms with Crippen molar-refractivity contribution in [2.45, 2.75) is 6.18 Å². The second-order valence-electron chi connectivity index (χ2n) is 6.01. The van der Waals surface area contributed by atoms with E-state index in [0.29, 0.717) is 11.1 Å². The number of fused-ring (bicyclic) bond motifs is 2. The standard InChI is InChI=1S/C21H11F3O2/c22-21(23,24)13-6-3-5-12(11-13)14-9-4-10-17-18(14)20(26)16-8-2-1-7-15(16)19(17)25/h1-11H. The average Bonchev–Trinajstić information content (AvgIpc) is 2.65. The fourth-order valence-electron chi connectivity index (χ4n) is 3.25. The Morgan fingerprint density at radius 2 is 1.19 bits per heavy atom. The van der Waals surface area contributed by atoms with E-state index in [1.54, 1.807) is 36.4 Å². The Bertz CT molecular complexity index is 1060. The van der Waals surface area contributed by atoms with Gasteiger partial charge >= 0.3 is 6.18 Å². The van der Waals surface area contributed by atoms with Crippen molar-refractivity contribution in [2.24, 2.45) is 0 Å². The topological polar surface area (TPSA) is 34.1 Å². The summed E-state index contributed by atoms with van der Waals surface area (Å²) in [7, 11) is 0. The molecule has 26 heavy (non-hydrogen) atoms. The predicted molar refractivity (Wildman–Crippen MR) is 90.2 cm³/mol. The van der Waals surface area contributed by atoms with Crippen LogP contribution in [0.3, 0.4) is 0 Å². The Morgan fingerprint density at radius 3 is 1.88 bits per heavy atom. The van der Waals surface area contributed by atoms with E-state index in [2.05, 4.69) is 0 Å². The van der Waals surface area contributed by atoms with Gasteiger partial charge in [0.05, 0.1) is 5.56 Å². The van der Waals surface area contributed by atoms with Gasteiger partial charge in [-0.3, -0.25) is 9.59 Å². The van der Waals surface area contributed by atoms with E-state index in [1.807, 2.05) is 0 Å². The van der Waals surface area contributed by atoms with Crippen LogP contribution in [0.2, 0.25) is 0 Å². The van der Waals surface area contributed by atoms with E-state index in [9.17, 15) is 22.8 Å². The first kappa shape index (κ1) is 16.3. The zero-order valence-electron chi connectivity index (χ0n) is 13.3. The SMILES string of the molecule is O=C1c2ccccc2C(=O)c2c1cccc2-c1cccc(C(F)(F)F)c1. The molecule has 0 radical (unpaired) electrons. The maximum atomic E-state index is 13.0. The van der Waals surface area contributed by atoms with E-state index in [4.69, 9.17) is 0 Å². The highest BCUT2D eigenvalue weighted by Gasteiger charge is 2.33. The molecule has 1 aliphatic rings. The van der Waals surface area contributed by atoms with Crippen molar-refractivity contribution in [3.63, 3.8) is 0 Å². The molecule has 5 heteroatoms. The van der Waals surface area contributed by atoms with Gasteiger partial charge in [0.15, 0.2) is 11.6 Å². The molecule has 0 unspecified atom stereocenters. The quantitative estimate of drug-likeness (QED) is 0.475. The molecule has 128 valence electrons. The second kappa shape index (κ2) is 5.66. The van der Waals surface area contributed by atoms with Crippen molar-refractivity contribution in [3.05, 3.63) is 94.5 Å². The number of carbonyl (C=O) groups excluding carboxylic acids is 2. The van der Waals surface area contributed by atoms with Gasteiger partial charge in [-0.1, -0.05) is 54.6 Å². The fraction of sp³-hybridized carbons (Fsp3) is 0.0476. The third-order valence-electron chi connectivity index (χ3n) is 4.45. The van der Waals surface area contributed by atoms with Gasteiger partial charge in [0.2, 0.25) is 0 Å². The normalized spacial score (nSPS) is 13.3. The molecule has 0 fully saturated rings. The Labute approximate surface area is 146 Å². The minimum Gasteiger partial charge on any atom is -0.289 e. The molecule has 0 amide bonds. The maximum Gasteiger partial charge on any atom is 0.416 e. The Morgan fingerprint density at radius 1 is 0.615 bits per heavy atom. The Hall–Kier alpha value is -3.21. The van der Waals surface area contributed by atoms with E-state index >= 15 is 0 Å². The number of hydrogen-bond donors (Lipinski definition) is 0. The minimum atomic E-state index is -4.49. The summed E-state index contributed by atoms with van der Waals surface area (Å²) in [5.41, 5.74) is 0.705. The molecule has 0 spiro atoms. The zero-order valence-corrected chi connectivity index (χ0v) is 13.3. The Balaban J connectivity index is 1.95. The highest BCUT2D eigenvalue weighted by atomic mass is 19.4. The molecule has 1 aliphatic carbocycles. The van der Waals surface area contributed by atoms with E-state index in [-0.39, 0.29) is 33.8 Å². The highest BCUT2D eigenvalue weighted by molar-refractivity contribution is 6.30. The van der Waals surface area contributed by atoms with Crippen molar-refractivity contribution < 1.29 is 22.8 Å². The van der Waals surface area contributed by atoms with Crippen molar-refractivity contribution >= 4 is 11.6 Å². The lowest BCUT2D eigenvalue weighted by Crippen LogP contribution is -2.21. The molecule has 0 bridgehead atoms. The van der Waals surface area contributed by atoms with E-state index < -0.39 is 11.7 Å².